The highest BCUT2D eigenvalue weighted by molar-refractivity contribution is 5.74. The number of pyridine rings is 1. The van der Waals surface area contributed by atoms with Crippen molar-refractivity contribution < 1.29 is 14.6 Å². The molecule has 2 rings (SSSR count). The molecule has 1 saturated heterocycles. The molecule has 1 aromatic heterocycles. The summed E-state index contributed by atoms with van der Waals surface area (Å²) in [5, 5.41) is 15.2. The fraction of sp³-hybridized carbons (Fsp3) is 0.625. The Balaban J connectivity index is 1.76. The summed E-state index contributed by atoms with van der Waals surface area (Å²) in [6.07, 6.45) is 5.44. The van der Waals surface area contributed by atoms with Crippen LogP contribution in [-0.2, 0) is 4.74 Å². The molecule has 1 fully saturated rings. The molecule has 1 aliphatic rings. The van der Waals surface area contributed by atoms with Gasteiger partial charge in [0.2, 0.25) is 0 Å². The molecule has 2 heterocycles. The Morgan fingerprint density at radius 1 is 1.50 bits per heavy atom. The lowest BCUT2D eigenvalue weighted by Gasteiger charge is -2.29. The second-order valence-corrected chi connectivity index (χ2v) is 5.80. The quantitative estimate of drug-likeness (QED) is 0.739. The smallest absolute Gasteiger partial charge is 0.315 e. The van der Waals surface area contributed by atoms with E-state index < -0.39 is 0 Å². The summed E-state index contributed by atoms with van der Waals surface area (Å²) in [7, 11) is 0. The van der Waals surface area contributed by atoms with Gasteiger partial charge in [0.1, 0.15) is 0 Å². The van der Waals surface area contributed by atoms with Crippen molar-refractivity contribution in [2.24, 2.45) is 5.92 Å². The molecule has 22 heavy (non-hydrogen) atoms. The van der Waals surface area contributed by atoms with E-state index in [2.05, 4.69) is 15.6 Å². The topological polar surface area (TPSA) is 83.5 Å². The summed E-state index contributed by atoms with van der Waals surface area (Å²) in [4.78, 5) is 16.0. The fourth-order valence-corrected chi connectivity index (χ4v) is 2.67. The summed E-state index contributed by atoms with van der Waals surface area (Å²) in [5.41, 5.74) is 1.13. The predicted molar refractivity (Wildman–Crippen MR) is 83.6 cm³/mol. The molecule has 3 N–H and O–H groups in total. The van der Waals surface area contributed by atoms with Crippen LogP contribution in [0.5, 0.6) is 0 Å². The summed E-state index contributed by atoms with van der Waals surface area (Å²) in [5.74, 6) is 0.390. The van der Waals surface area contributed by atoms with E-state index in [1.54, 1.807) is 12.4 Å². The van der Waals surface area contributed by atoms with Crippen LogP contribution in [0.3, 0.4) is 0 Å². The molecule has 0 bridgehead atoms. The molecule has 2 amide bonds. The number of hydrogen-bond acceptors (Lipinski definition) is 4. The maximum atomic E-state index is 12.0. The molecule has 1 aliphatic heterocycles. The van der Waals surface area contributed by atoms with E-state index in [1.165, 1.54) is 0 Å². The van der Waals surface area contributed by atoms with Crippen LogP contribution in [0, 0.1) is 5.92 Å². The van der Waals surface area contributed by atoms with Crippen molar-refractivity contribution in [1.82, 2.24) is 15.6 Å². The van der Waals surface area contributed by atoms with Gasteiger partial charge < -0.3 is 20.5 Å². The van der Waals surface area contributed by atoms with Crippen molar-refractivity contribution in [3.8, 4) is 0 Å². The zero-order valence-corrected chi connectivity index (χ0v) is 13.0. The van der Waals surface area contributed by atoms with Crippen LogP contribution in [0.25, 0.3) is 0 Å². The summed E-state index contributed by atoms with van der Waals surface area (Å²) >= 11 is 0. The number of nitrogens with zero attached hydrogens (tertiary/aromatic N) is 1. The van der Waals surface area contributed by atoms with Crippen LogP contribution >= 0.6 is 0 Å². The van der Waals surface area contributed by atoms with Gasteiger partial charge in [-0.3, -0.25) is 4.98 Å². The average Bonchev–Trinajstić information content (AvgIpc) is 2.59. The number of amides is 2. The monoisotopic (exact) mass is 307 g/mol. The number of carbonyl (C=O) groups is 1. The first kappa shape index (κ1) is 16.7. The maximum Gasteiger partial charge on any atom is 0.315 e. The Labute approximate surface area is 131 Å². The number of rotatable bonds is 6. The second kappa shape index (κ2) is 8.70. The van der Waals surface area contributed by atoms with E-state index in [1.807, 2.05) is 19.1 Å². The van der Waals surface area contributed by atoms with Gasteiger partial charge in [-0.2, -0.15) is 0 Å². The lowest BCUT2D eigenvalue weighted by molar-refractivity contribution is 0.0305. The molecular formula is C16H25N3O3. The number of aliphatic hydroxyl groups is 1. The first-order chi connectivity index (χ1) is 10.7. The van der Waals surface area contributed by atoms with Crippen molar-refractivity contribution in [3.63, 3.8) is 0 Å². The number of ether oxygens (including phenoxy) is 1. The number of aliphatic hydroxyl groups excluding tert-OH is 1. The van der Waals surface area contributed by atoms with Gasteiger partial charge in [0.15, 0.2) is 0 Å². The van der Waals surface area contributed by atoms with Crippen LogP contribution in [0.15, 0.2) is 24.5 Å². The molecule has 3 unspecified atom stereocenters. The minimum Gasteiger partial charge on any atom is -0.394 e. The zero-order valence-electron chi connectivity index (χ0n) is 13.0. The van der Waals surface area contributed by atoms with E-state index in [0.717, 1.165) is 25.0 Å². The predicted octanol–water partition coefficient (Wildman–Crippen LogP) is 1.27. The lowest BCUT2D eigenvalue weighted by atomic mass is 9.94. The Bertz CT molecular complexity index is 449. The zero-order chi connectivity index (χ0) is 15.8. The van der Waals surface area contributed by atoms with Crippen molar-refractivity contribution in [2.45, 2.75) is 31.7 Å². The van der Waals surface area contributed by atoms with Gasteiger partial charge in [0.05, 0.1) is 19.3 Å². The van der Waals surface area contributed by atoms with E-state index in [0.29, 0.717) is 13.2 Å². The van der Waals surface area contributed by atoms with E-state index in [4.69, 9.17) is 4.74 Å². The molecule has 0 aromatic carbocycles. The third kappa shape index (κ3) is 4.96. The molecule has 0 radical (unpaired) electrons. The fourth-order valence-electron chi connectivity index (χ4n) is 2.67. The first-order valence-electron chi connectivity index (χ1n) is 7.83. The van der Waals surface area contributed by atoms with E-state index >= 15 is 0 Å². The van der Waals surface area contributed by atoms with Crippen LogP contribution in [0.4, 0.5) is 4.79 Å². The molecule has 0 saturated carbocycles. The molecule has 122 valence electrons. The maximum absolute atomic E-state index is 12.0. The van der Waals surface area contributed by atoms with Crippen molar-refractivity contribution in [1.29, 1.82) is 0 Å². The normalized spacial score (nSPS) is 20.9. The highest BCUT2D eigenvalue weighted by Crippen LogP contribution is 2.17. The van der Waals surface area contributed by atoms with Gasteiger partial charge in [-0.15, -0.1) is 0 Å². The van der Waals surface area contributed by atoms with Crippen LogP contribution in [-0.4, -0.2) is 48.5 Å². The molecule has 6 nitrogen and oxygen atoms in total. The Morgan fingerprint density at radius 2 is 2.27 bits per heavy atom. The Hall–Kier alpha value is -1.66. The Morgan fingerprint density at radius 3 is 2.91 bits per heavy atom. The number of nitrogens with one attached hydrogen (secondary N) is 2. The highest BCUT2D eigenvalue weighted by Gasteiger charge is 2.25. The minimum atomic E-state index is -0.253. The number of aromatic nitrogens is 1. The molecule has 1 aromatic rings. The summed E-state index contributed by atoms with van der Waals surface area (Å²) in [6.45, 7) is 3.88. The van der Waals surface area contributed by atoms with Gasteiger partial charge in [0.25, 0.3) is 0 Å². The van der Waals surface area contributed by atoms with Crippen molar-refractivity contribution in [2.75, 3.05) is 26.4 Å². The SMILES string of the molecule is CC(CNC(=O)NC(CO)C1CCCOC1)c1ccncc1. The third-order valence-corrected chi connectivity index (χ3v) is 4.12. The number of urea groups is 1. The van der Waals surface area contributed by atoms with Crippen LogP contribution in [0.2, 0.25) is 0 Å². The van der Waals surface area contributed by atoms with Gasteiger partial charge in [-0.05, 0) is 36.5 Å². The van der Waals surface area contributed by atoms with Gasteiger partial charge in [-0.1, -0.05) is 6.92 Å². The van der Waals surface area contributed by atoms with Crippen molar-refractivity contribution in [3.05, 3.63) is 30.1 Å². The van der Waals surface area contributed by atoms with Crippen molar-refractivity contribution >= 4 is 6.03 Å². The molecular weight excluding hydrogens is 282 g/mol. The van der Waals surface area contributed by atoms with E-state index in [-0.39, 0.29) is 30.5 Å². The second-order valence-electron chi connectivity index (χ2n) is 5.80. The molecule has 0 spiro atoms. The van der Waals surface area contributed by atoms with Gasteiger partial charge in [0, 0.05) is 31.5 Å². The molecule has 0 aliphatic carbocycles. The van der Waals surface area contributed by atoms with Crippen LogP contribution < -0.4 is 10.6 Å². The van der Waals surface area contributed by atoms with Crippen LogP contribution in [0.1, 0.15) is 31.2 Å². The third-order valence-electron chi connectivity index (χ3n) is 4.12. The average molecular weight is 307 g/mol. The summed E-state index contributed by atoms with van der Waals surface area (Å²) < 4.78 is 5.41. The molecule has 3 atom stereocenters. The van der Waals surface area contributed by atoms with E-state index in [9.17, 15) is 9.90 Å². The van der Waals surface area contributed by atoms with Gasteiger partial charge >= 0.3 is 6.03 Å². The lowest BCUT2D eigenvalue weighted by Crippen LogP contribution is -2.49. The molecule has 6 heteroatoms. The number of carbonyl (C=O) groups excluding carboxylic acids is 1. The number of hydrogen-bond donors (Lipinski definition) is 3. The summed E-state index contributed by atoms with van der Waals surface area (Å²) in [6, 6.07) is 3.39. The standard InChI is InChI=1S/C16H25N3O3/c1-12(13-4-6-17-7-5-13)9-18-16(21)19-15(10-20)14-3-2-8-22-11-14/h4-7,12,14-15,20H,2-3,8-11H2,1H3,(H2,18,19,21). The minimum absolute atomic E-state index is 0.0681. The Kier molecular flexibility index (Phi) is 6.61. The van der Waals surface area contributed by atoms with Gasteiger partial charge in [-0.25, -0.2) is 4.79 Å². The highest BCUT2D eigenvalue weighted by atomic mass is 16.5. The largest absolute Gasteiger partial charge is 0.394 e. The first-order valence-corrected chi connectivity index (χ1v) is 7.83.